The van der Waals surface area contributed by atoms with Gasteiger partial charge in [0.25, 0.3) is 5.79 Å². The third-order valence-electron chi connectivity index (χ3n) is 5.00. The number of fused-ring (bicyclic) bond motifs is 2. The van der Waals surface area contributed by atoms with Crippen molar-refractivity contribution in [2.45, 2.75) is 61.6 Å². The van der Waals surface area contributed by atoms with Crippen molar-refractivity contribution in [3.63, 3.8) is 0 Å². The van der Waals surface area contributed by atoms with Crippen LogP contribution < -0.4 is 10.6 Å². The van der Waals surface area contributed by atoms with Crippen molar-refractivity contribution in [3.05, 3.63) is 11.8 Å². The first kappa shape index (κ1) is 18.0. The number of methoxy groups -OCH3 is 1. The molecule has 1 saturated carbocycles. The molecule has 2 heterocycles. The lowest BCUT2D eigenvalue weighted by atomic mass is 9.80. The summed E-state index contributed by atoms with van der Waals surface area (Å²) in [5.74, 6) is -1.76. The highest BCUT2D eigenvalue weighted by atomic mass is 16.8. The van der Waals surface area contributed by atoms with Crippen LogP contribution in [0.3, 0.4) is 0 Å². The highest BCUT2D eigenvalue weighted by Gasteiger charge is 2.62. The fourth-order valence-electron chi connectivity index (χ4n) is 3.78. The molecule has 3 rings (SSSR count). The molecule has 3 aliphatic rings. The third-order valence-corrected chi connectivity index (χ3v) is 5.00. The molecule has 9 atom stereocenters. The Kier molecular flexibility index (Phi) is 4.89. The van der Waals surface area contributed by atoms with Gasteiger partial charge in [-0.1, -0.05) is 0 Å². The van der Waals surface area contributed by atoms with E-state index in [0.717, 1.165) is 0 Å². The molecule has 1 saturated heterocycles. The molecule has 24 heavy (non-hydrogen) atoms. The Labute approximate surface area is 140 Å². The van der Waals surface area contributed by atoms with Crippen LogP contribution in [0.4, 0.5) is 0 Å². The molecular formula is C15H26N2O7. The minimum atomic E-state index is -1.94. The van der Waals surface area contributed by atoms with Gasteiger partial charge in [-0.25, -0.2) is 0 Å². The van der Waals surface area contributed by atoms with E-state index in [9.17, 15) is 15.3 Å². The molecule has 4 unspecified atom stereocenters. The largest absolute Gasteiger partial charge is 0.495 e. The predicted octanol–water partition coefficient (Wildman–Crippen LogP) is -2.35. The van der Waals surface area contributed by atoms with E-state index in [-0.39, 0.29) is 11.9 Å². The molecule has 0 aromatic carbocycles. The van der Waals surface area contributed by atoms with Gasteiger partial charge < -0.3 is 44.9 Å². The van der Waals surface area contributed by atoms with Gasteiger partial charge in [0.15, 0.2) is 5.76 Å². The zero-order valence-electron chi connectivity index (χ0n) is 14.2. The summed E-state index contributed by atoms with van der Waals surface area (Å²) in [6.07, 6.45) is -3.48. The molecule has 9 nitrogen and oxygen atoms in total. The Balaban J connectivity index is 1.96. The average molecular weight is 346 g/mol. The maximum Gasteiger partial charge on any atom is 0.278 e. The van der Waals surface area contributed by atoms with Gasteiger partial charge in [-0.05, 0) is 27.1 Å². The van der Waals surface area contributed by atoms with E-state index in [1.165, 1.54) is 7.11 Å². The Morgan fingerprint density at radius 3 is 2.33 bits per heavy atom. The Morgan fingerprint density at radius 1 is 1.08 bits per heavy atom. The number of likely N-dealkylation sites (N-methyl/N-ethyl adjacent to an activating group) is 2. The van der Waals surface area contributed by atoms with E-state index in [1.54, 1.807) is 27.1 Å². The summed E-state index contributed by atoms with van der Waals surface area (Å²) < 4.78 is 22.6. The van der Waals surface area contributed by atoms with Gasteiger partial charge in [0.05, 0.1) is 31.4 Å². The number of hydrogen-bond acceptors (Lipinski definition) is 9. The first-order valence-electron chi connectivity index (χ1n) is 8.05. The quantitative estimate of drug-likeness (QED) is 0.382. The van der Waals surface area contributed by atoms with Crippen LogP contribution in [0.1, 0.15) is 6.92 Å². The van der Waals surface area contributed by atoms with Gasteiger partial charge >= 0.3 is 0 Å². The average Bonchev–Trinajstić information content (AvgIpc) is 2.54. The Bertz CT molecular complexity index is 504. The molecule has 0 aromatic rings. The fraction of sp³-hybridized carbons (Fsp3) is 0.867. The maximum atomic E-state index is 10.9. The first-order valence-corrected chi connectivity index (χ1v) is 8.05. The van der Waals surface area contributed by atoms with Crippen molar-refractivity contribution in [2.75, 3.05) is 21.2 Å². The fourth-order valence-corrected chi connectivity index (χ4v) is 3.78. The van der Waals surface area contributed by atoms with Gasteiger partial charge in [0.1, 0.15) is 18.3 Å². The van der Waals surface area contributed by atoms with Crippen LogP contribution in [0.25, 0.3) is 0 Å². The molecule has 2 aliphatic heterocycles. The van der Waals surface area contributed by atoms with Crippen LogP contribution in [-0.2, 0) is 18.9 Å². The molecular weight excluding hydrogens is 320 g/mol. The summed E-state index contributed by atoms with van der Waals surface area (Å²) in [6.45, 7) is 1.78. The first-order chi connectivity index (χ1) is 11.4. The molecule has 0 aromatic heterocycles. The highest BCUT2D eigenvalue weighted by Crippen LogP contribution is 2.42. The number of ether oxygens (including phenoxy) is 4. The van der Waals surface area contributed by atoms with Gasteiger partial charge in [0, 0.05) is 0 Å². The van der Waals surface area contributed by atoms with Crippen LogP contribution in [-0.4, -0.2) is 91.2 Å². The zero-order valence-corrected chi connectivity index (χ0v) is 14.2. The third kappa shape index (κ3) is 2.56. The molecule has 138 valence electrons. The molecule has 9 heteroatoms. The van der Waals surface area contributed by atoms with E-state index < -0.39 is 48.6 Å². The maximum absolute atomic E-state index is 10.9. The van der Waals surface area contributed by atoms with E-state index in [2.05, 4.69) is 10.6 Å². The van der Waals surface area contributed by atoms with Crippen molar-refractivity contribution >= 4 is 0 Å². The van der Waals surface area contributed by atoms with E-state index in [0.29, 0.717) is 0 Å². The second-order valence-electron chi connectivity index (χ2n) is 6.40. The van der Waals surface area contributed by atoms with Gasteiger partial charge in [-0.3, -0.25) is 0 Å². The highest BCUT2D eigenvalue weighted by molar-refractivity contribution is 5.17. The van der Waals surface area contributed by atoms with Crippen molar-refractivity contribution in [2.24, 2.45) is 0 Å². The molecule has 1 aliphatic carbocycles. The van der Waals surface area contributed by atoms with Gasteiger partial charge in [-0.2, -0.15) is 0 Å². The molecule has 0 radical (unpaired) electrons. The van der Waals surface area contributed by atoms with Crippen LogP contribution in [0.15, 0.2) is 11.8 Å². The lowest BCUT2D eigenvalue weighted by Crippen LogP contribution is -2.76. The smallest absolute Gasteiger partial charge is 0.278 e. The topological polar surface area (TPSA) is 122 Å². The molecule has 2 fully saturated rings. The van der Waals surface area contributed by atoms with Crippen LogP contribution in [0.2, 0.25) is 0 Å². The summed E-state index contributed by atoms with van der Waals surface area (Å²) in [5.41, 5.74) is 0. The lowest BCUT2D eigenvalue weighted by molar-refractivity contribution is -0.426. The summed E-state index contributed by atoms with van der Waals surface area (Å²) >= 11 is 0. The summed E-state index contributed by atoms with van der Waals surface area (Å²) in [5, 5.41) is 37.9. The van der Waals surface area contributed by atoms with Crippen molar-refractivity contribution in [3.8, 4) is 0 Å². The summed E-state index contributed by atoms with van der Waals surface area (Å²) in [7, 11) is 4.74. The van der Waals surface area contributed by atoms with Crippen molar-refractivity contribution in [1.29, 1.82) is 0 Å². The standard InChI is InChI=1S/C15H26N2O7/c1-6-5-7(21-4)15(20)14(22-6)23-13-11(19)8(16-2)10(18)9(17-3)12(13)24-15/h5-6,8-14,16-20H,1-4H3/t6-,8?,9?,10?,11+,12-,13?,14+,15+/m1/s1. The Morgan fingerprint density at radius 2 is 1.75 bits per heavy atom. The predicted molar refractivity (Wildman–Crippen MR) is 81.8 cm³/mol. The second kappa shape index (κ2) is 6.50. The summed E-state index contributed by atoms with van der Waals surface area (Å²) in [4.78, 5) is 0. The number of nitrogens with one attached hydrogen (secondary N) is 2. The van der Waals surface area contributed by atoms with Crippen LogP contribution in [0, 0.1) is 0 Å². The molecule has 0 amide bonds. The summed E-state index contributed by atoms with van der Waals surface area (Å²) in [6, 6.07) is -1.18. The number of rotatable bonds is 3. The van der Waals surface area contributed by atoms with Crippen molar-refractivity contribution in [1.82, 2.24) is 10.6 Å². The minimum Gasteiger partial charge on any atom is -0.495 e. The molecule has 5 N–H and O–H groups in total. The number of aliphatic hydroxyl groups excluding tert-OH is 2. The Hall–Kier alpha value is -0.780. The van der Waals surface area contributed by atoms with Gasteiger partial charge in [0.2, 0.25) is 6.29 Å². The van der Waals surface area contributed by atoms with Crippen LogP contribution in [0.5, 0.6) is 0 Å². The zero-order chi connectivity index (χ0) is 17.6. The van der Waals surface area contributed by atoms with E-state index >= 15 is 0 Å². The number of hydrogen-bond donors (Lipinski definition) is 5. The number of aliphatic hydroxyl groups is 3. The molecule has 0 bridgehead atoms. The van der Waals surface area contributed by atoms with Crippen molar-refractivity contribution < 1.29 is 34.3 Å². The monoisotopic (exact) mass is 346 g/mol. The normalized spacial score (nSPS) is 51.4. The van der Waals surface area contributed by atoms with E-state index in [1.807, 2.05) is 0 Å². The minimum absolute atomic E-state index is 0.180. The SMILES string of the molecule is CNC1C(O)C(NC)[C@H]2O[C@@]3(O)C(OC)=C[C@@H](C)O[C@H]3OC2[C@H]1O. The van der Waals surface area contributed by atoms with Crippen LogP contribution >= 0.6 is 0 Å². The molecule has 0 spiro atoms. The van der Waals surface area contributed by atoms with E-state index in [4.69, 9.17) is 18.9 Å². The lowest BCUT2D eigenvalue weighted by Gasteiger charge is -2.55. The van der Waals surface area contributed by atoms with Gasteiger partial charge in [-0.15, -0.1) is 0 Å². The second-order valence-corrected chi connectivity index (χ2v) is 6.40.